The molecule has 1 rings (SSSR count). The van der Waals surface area contributed by atoms with Crippen molar-refractivity contribution >= 4 is 27.6 Å². The first-order valence-electron chi connectivity index (χ1n) is 6.40. The van der Waals surface area contributed by atoms with Crippen LogP contribution in [0.1, 0.15) is 36.3 Å². The van der Waals surface area contributed by atoms with Crippen LogP contribution in [0.25, 0.3) is 0 Å². The number of carbonyl (C=O) groups excluding carboxylic acids is 1. The highest BCUT2D eigenvalue weighted by atomic mass is 32.2. The number of hydrogen-bond acceptors (Lipinski definition) is 4. The van der Waals surface area contributed by atoms with Crippen LogP contribution in [0.15, 0.2) is 6.20 Å². The summed E-state index contributed by atoms with van der Waals surface area (Å²) in [4.78, 5) is 25.7. The van der Waals surface area contributed by atoms with E-state index in [0.29, 0.717) is 12.1 Å². The summed E-state index contributed by atoms with van der Waals surface area (Å²) in [6.45, 7) is 4.67. The highest BCUT2D eigenvalue weighted by molar-refractivity contribution is 7.89. The molecule has 9 heteroatoms. The molecule has 4 N–H and O–H groups in total. The van der Waals surface area contributed by atoms with Gasteiger partial charge in [-0.2, -0.15) is 0 Å². The van der Waals surface area contributed by atoms with Gasteiger partial charge in [0.25, 0.3) is 0 Å². The van der Waals surface area contributed by atoms with E-state index in [9.17, 15) is 18.0 Å². The second-order valence-corrected chi connectivity index (χ2v) is 6.53. The topological polar surface area (TPSA) is 128 Å². The van der Waals surface area contributed by atoms with E-state index < -0.39 is 27.9 Å². The van der Waals surface area contributed by atoms with Crippen molar-refractivity contribution < 1.29 is 23.1 Å². The summed E-state index contributed by atoms with van der Waals surface area (Å²) in [7, 11) is -3.52. The number of carboxylic acids is 1. The van der Waals surface area contributed by atoms with E-state index >= 15 is 0 Å². The first-order valence-corrected chi connectivity index (χ1v) is 8.05. The SMILES string of the molecule is CCCS(=O)(=O)NC(C)C(=O)Nc1c[nH]c(C)c1C(=O)O. The fourth-order valence-electron chi connectivity index (χ4n) is 1.79. The Morgan fingerprint density at radius 2 is 2.05 bits per heavy atom. The van der Waals surface area contributed by atoms with Gasteiger partial charge in [0.1, 0.15) is 5.56 Å². The smallest absolute Gasteiger partial charge is 0.339 e. The van der Waals surface area contributed by atoms with Gasteiger partial charge in [-0.25, -0.2) is 17.9 Å². The highest BCUT2D eigenvalue weighted by Crippen LogP contribution is 2.19. The van der Waals surface area contributed by atoms with Crippen LogP contribution in [0.4, 0.5) is 5.69 Å². The van der Waals surface area contributed by atoms with Gasteiger partial charge in [0, 0.05) is 11.9 Å². The summed E-state index contributed by atoms with van der Waals surface area (Å²) < 4.78 is 25.4. The van der Waals surface area contributed by atoms with Gasteiger partial charge in [0.2, 0.25) is 15.9 Å². The van der Waals surface area contributed by atoms with Gasteiger partial charge in [-0.05, 0) is 20.3 Å². The Bertz CT molecular complexity index is 635. The number of carboxylic acid groups (broad SMARTS) is 1. The first kappa shape index (κ1) is 17.2. The van der Waals surface area contributed by atoms with E-state index in [2.05, 4.69) is 15.0 Å². The lowest BCUT2D eigenvalue weighted by atomic mass is 10.2. The molecule has 0 aliphatic heterocycles. The predicted octanol–water partition coefficient (Wildman–Crippen LogP) is 0.678. The molecule has 1 heterocycles. The molecule has 1 atom stereocenters. The third kappa shape index (κ3) is 4.57. The number of rotatable bonds is 7. The lowest BCUT2D eigenvalue weighted by Crippen LogP contribution is -2.42. The van der Waals surface area contributed by atoms with Crippen LogP contribution < -0.4 is 10.0 Å². The molecular weight excluding hydrogens is 298 g/mol. The molecule has 1 aromatic rings. The average molecular weight is 317 g/mol. The van der Waals surface area contributed by atoms with Crippen LogP contribution >= 0.6 is 0 Å². The van der Waals surface area contributed by atoms with Crippen molar-refractivity contribution in [3.8, 4) is 0 Å². The van der Waals surface area contributed by atoms with Gasteiger partial charge in [0.05, 0.1) is 17.5 Å². The Hall–Kier alpha value is -1.87. The van der Waals surface area contributed by atoms with Crippen LogP contribution in [-0.2, 0) is 14.8 Å². The fraction of sp³-hybridized carbons (Fsp3) is 0.500. The zero-order chi connectivity index (χ0) is 16.2. The lowest BCUT2D eigenvalue weighted by Gasteiger charge is -2.14. The standard InChI is InChI=1S/C12H19N3O5S/c1-4-5-21(19,20)15-8(3)11(16)14-9-6-13-7(2)10(9)12(17)18/h6,8,13,15H,4-5H2,1-3H3,(H,14,16)(H,17,18). The second-order valence-electron chi connectivity index (χ2n) is 4.66. The van der Waals surface area contributed by atoms with Crippen molar-refractivity contribution in [2.75, 3.05) is 11.1 Å². The number of aromatic nitrogens is 1. The average Bonchev–Trinajstić information content (AvgIpc) is 2.69. The molecular formula is C12H19N3O5S. The van der Waals surface area contributed by atoms with Crippen LogP contribution in [0, 0.1) is 6.92 Å². The number of aromatic carboxylic acids is 1. The minimum atomic E-state index is -3.52. The molecule has 118 valence electrons. The third-order valence-corrected chi connectivity index (χ3v) is 4.43. The number of carbonyl (C=O) groups is 2. The minimum absolute atomic E-state index is 0.0491. The van der Waals surface area contributed by atoms with Crippen LogP contribution in [0.3, 0.4) is 0 Å². The summed E-state index contributed by atoms with van der Waals surface area (Å²) in [5, 5.41) is 11.5. The highest BCUT2D eigenvalue weighted by Gasteiger charge is 2.22. The van der Waals surface area contributed by atoms with Crippen molar-refractivity contribution in [1.29, 1.82) is 0 Å². The Labute approximate surface area is 123 Å². The summed E-state index contributed by atoms with van der Waals surface area (Å²) in [6, 6.07) is -1.00. The van der Waals surface area contributed by atoms with Gasteiger partial charge in [0.15, 0.2) is 0 Å². The number of hydrogen-bond donors (Lipinski definition) is 4. The predicted molar refractivity (Wildman–Crippen MR) is 77.8 cm³/mol. The van der Waals surface area contributed by atoms with Crippen LogP contribution in [0.2, 0.25) is 0 Å². The van der Waals surface area contributed by atoms with E-state index in [4.69, 9.17) is 5.11 Å². The van der Waals surface area contributed by atoms with Gasteiger partial charge in [-0.3, -0.25) is 4.79 Å². The molecule has 0 bridgehead atoms. The number of H-pyrrole nitrogens is 1. The summed E-state index contributed by atoms with van der Waals surface area (Å²) >= 11 is 0. The molecule has 0 saturated heterocycles. The number of sulfonamides is 1. The van der Waals surface area contributed by atoms with E-state index in [1.54, 1.807) is 13.8 Å². The first-order chi connectivity index (χ1) is 9.68. The normalized spacial score (nSPS) is 12.9. The molecule has 0 radical (unpaired) electrons. The maximum absolute atomic E-state index is 11.9. The Balaban J connectivity index is 2.80. The van der Waals surface area contributed by atoms with Gasteiger partial charge >= 0.3 is 5.97 Å². The molecule has 1 amide bonds. The second kappa shape index (κ2) is 6.72. The molecule has 0 aliphatic rings. The summed E-state index contributed by atoms with van der Waals surface area (Å²) in [5.41, 5.74) is 0.454. The zero-order valence-corrected chi connectivity index (χ0v) is 12.9. The molecule has 1 unspecified atom stereocenters. The number of aromatic amines is 1. The number of aryl methyl sites for hydroxylation is 1. The van der Waals surface area contributed by atoms with E-state index in [-0.39, 0.29) is 17.0 Å². The maximum Gasteiger partial charge on any atom is 0.339 e. The van der Waals surface area contributed by atoms with Crippen molar-refractivity contribution in [2.24, 2.45) is 0 Å². The maximum atomic E-state index is 11.9. The third-order valence-electron chi connectivity index (χ3n) is 2.77. The summed E-state index contributed by atoms with van der Waals surface area (Å²) in [5.74, 6) is -1.88. The number of anilines is 1. The molecule has 0 saturated carbocycles. The van der Waals surface area contributed by atoms with Crippen molar-refractivity contribution in [1.82, 2.24) is 9.71 Å². The van der Waals surface area contributed by atoms with Crippen molar-refractivity contribution in [3.05, 3.63) is 17.5 Å². The van der Waals surface area contributed by atoms with Gasteiger partial charge < -0.3 is 15.4 Å². The van der Waals surface area contributed by atoms with Gasteiger partial charge in [-0.15, -0.1) is 0 Å². The molecule has 0 aromatic carbocycles. The minimum Gasteiger partial charge on any atom is -0.478 e. The Morgan fingerprint density at radius 3 is 2.57 bits per heavy atom. The van der Waals surface area contributed by atoms with Crippen molar-refractivity contribution in [2.45, 2.75) is 33.2 Å². The molecule has 1 aromatic heterocycles. The fourth-order valence-corrected chi connectivity index (χ4v) is 3.09. The van der Waals surface area contributed by atoms with E-state index in [1.807, 2.05) is 0 Å². The number of amides is 1. The zero-order valence-electron chi connectivity index (χ0n) is 12.1. The van der Waals surface area contributed by atoms with E-state index in [0.717, 1.165) is 0 Å². The number of nitrogens with one attached hydrogen (secondary N) is 3. The molecule has 21 heavy (non-hydrogen) atoms. The molecule has 0 fully saturated rings. The van der Waals surface area contributed by atoms with Crippen LogP contribution in [0.5, 0.6) is 0 Å². The largest absolute Gasteiger partial charge is 0.478 e. The summed E-state index contributed by atoms with van der Waals surface area (Å²) in [6.07, 6.45) is 1.79. The monoisotopic (exact) mass is 317 g/mol. The molecule has 8 nitrogen and oxygen atoms in total. The Morgan fingerprint density at radius 1 is 1.43 bits per heavy atom. The van der Waals surface area contributed by atoms with Crippen molar-refractivity contribution in [3.63, 3.8) is 0 Å². The molecule has 0 aliphatic carbocycles. The van der Waals surface area contributed by atoms with Crippen LogP contribution in [-0.4, -0.2) is 42.2 Å². The van der Waals surface area contributed by atoms with Gasteiger partial charge in [-0.1, -0.05) is 6.92 Å². The lowest BCUT2D eigenvalue weighted by molar-refractivity contribution is -0.117. The quantitative estimate of drug-likeness (QED) is 0.588. The van der Waals surface area contributed by atoms with E-state index in [1.165, 1.54) is 13.1 Å². The molecule has 0 spiro atoms. The Kier molecular flexibility index (Phi) is 5.50.